The lowest BCUT2D eigenvalue weighted by Crippen LogP contribution is -2.24. The van der Waals surface area contributed by atoms with Gasteiger partial charge in [-0.1, -0.05) is 48.5 Å². The van der Waals surface area contributed by atoms with Gasteiger partial charge in [0.15, 0.2) is 0 Å². The van der Waals surface area contributed by atoms with Crippen LogP contribution in [0.15, 0.2) is 72.8 Å². The van der Waals surface area contributed by atoms with E-state index in [1.165, 1.54) is 34.1 Å². The number of benzene rings is 3. The van der Waals surface area contributed by atoms with Crippen molar-refractivity contribution in [3.05, 3.63) is 89.6 Å². The van der Waals surface area contributed by atoms with Crippen LogP contribution < -0.4 is 5.32 Å². The van der Waals surface area contributed by atoms with Crippen molar-refractivity contribution >= 4 is 10.9 Å². The Kier molecular flexibility index (Phi) is 4.38. The highest BCUT2D eigenvalue weighted by Gasteiger charge is 2.24. The minimum absolute atomic E-state index is 0.305. The molecular weight excluding hydrogens is 344 g/mol. The van der Waals surface area contributed by atoms with Crippen LogP contribution in [0.4, 0.5) is 0 Å². The fraction of sp³-hybridized carbons (Fsp3) is 0.200. The first-order valence-corrected chi connectivity index (χ1v) is 9.99. The van der Waals surface area contributed by atoms with E-state index in [1.807, 2.05) is 18.2 Å². The molecule has 3 nitrogen and oxygen atoms in total. The Labute approximate surface area is 165 Å². The number of hydrogen-bond donors (Lipinski definition) is 3. The maximum Gasteiger partial charge on any atom is 0.116 e. The van der Waals surface area contributed by atoms with Crippen LogP contribution in [-0.4, -0.2) is 10.1 Å². The van der Waals surface area contributed by atoms with Crippen LogP contribution in [0.1, 0.15) is 35.7 Å². The molecule has 0 radical (unpaired) electrons. The van der Waals surface area contributed by atoms with E-state index in [1.54, 1.807) is 6.07 Å². The number of phenolic OH excluding ortho intramolecular Hbond substituents is 1. The van der Waals surface area contributed by atoms with Gasteiger partial charge in [-0.05, 0) is 65.8 Å². The zero-order valence-electron chi connectivity index (χ0n) is 15.8. The van der Waals surface area contributed by atoms with Crippen molar-refractivity contribution in [2.45, 2.75) is 31.8 Å². The molecule has 3 N–H and O–H groups in total. The summed E-state index contributed by atoms with van der Waals surface area (Å²) < 4.78 is 0. The molecule has 0 bridgehead atoms. The summed E-state index contributed by atoms with van der Waals surface area (Å²) in [6.45, 7) is 0.884. The molecule has 0 fully saturated rings. The average molecular weight is 368 g/mol. The summed E-state index contributed by atoms with van der Waals surface area (Å²) in [5.74, 6) is 0.305. The zero-order chi connectivity index (χ0) is 18.9. The first-order chi connectivity index (χ1) is 13.8. The van der Waals surface area contributed by atoms with Gasteiger partial charge < -0.3 is 15.4 Å². The van der Waals surface area contributed by atoms with E-state index >= 15 is 0 Å². The Balaban J connectivity index is 1.48. The quantitative estimate of drug-likeness (QED) is 0.432. The van der Waals surface area contributed by atoms with E-state index in [0.29, 0.717) is 11.8 Å². The minimum atomic E-state index is 0.305. The summed E-state index contributed by atoms with van der Waals surface area (Å²) in [4.78, 5) is 3.68. The molecule has 28 heavy (non-hydrogen) atoms. The molecule has 1 atom stereocenters. The standard InChI is InChI=1S/C25H24N2O/c28-20-9-4-8-18(14-20)19-12-13-23-22(15-19)21-10-5-11-24(25(21)27-23)26-16-17-6-2-1-3-7-17/h1-4,6-9,12-15,24,26-28H,5,10-11,16H2/t24-/m1/s1. The Hall–Kier alpha value is -3.04. The number of nitrogens with one attached hydrogen (secondary N) is 2. The second kappa shape index (κ2) is 7.17. The van der Waals surface area contributed by atoms with Crippen molar-refractivity contribution in [1.82, 2.24) is 10.3 Å². The van der Waals surface area contributed by atoms with Gasteiger partial charge in [-0.2, -0.15) is 0 Å². The topological polar surface area (TPSA) is 48.0 Å². The molecule has 1 aliphatic rings. The molecule has 4 aromatic rings. The number of hydrogen-bond acceptors (Lipinski definition) is 2. The first kappa shape index (κ1) is 17.1. The van der Waals surface area contributed by atoms with E-state index in [0.717, 1.165) is 30.5 Å². The van der Waals surface area contributed by atoms with Crippen LogP contribution >= 0.6 is 0 Å². The third kappa shape index (κ3) is 3.19. The fourth-order valence-electron chi connectivity index (χ4n) is 4.37. The lowest BCUT2D eigenvalue weighted by molar-refractivity contribution is 0.452. The molecule has 0 aliphatic heterocycles. The van der Waals surface area contributed by atoms with Crippen LogP contribution in [0.5, 0.6) is 5.75 Å². The van der Waals surface area contributed by atoms with Gasteiger partial charge in [-0.15, -0.1) is 0 Å². The summed E-state index contributed by atoms with van der Waals surface area (Å²) in [6, 6.07) is 25.0. The Morgan fingerprint density at radius 1 is 0.929 bits per heavy atom. The monoisotopic (exact) mass is 368 g/mol. The molecule has 0 unspecified atom stereocenters. The van der Waals surface area contributed by atoms with Gasteiger partial charge in [0.25, 0.3) is 0 Å². The predicted molar refractivity (Wildman–Crippen MR) is 114 cm³/mol. The van der Waals surface area contributed by atoms with Crippen molar-refractivity contribution in [1.29, 1.82) is 0 Å². The molecule has 0 saturated heterocycles. The van der Waals surface area contributed by atoms with E-state index in [4.69, 9.17) is 0 Å². The molecular formula is C25H24N2O. The van der Waals surface area contributed by atoms with Crippen molar-refractivity contribution in [2.24, 2.45) is 0 Å². The van der Waals surface area contributed by atoms with E-state index < -0.39 is 0 Å². The number of aromatic nitrogens is 1. The number of phenols is 1. The second-order valence-corrected chi connectivity index (χ2v) is 7.64. The summed E-state index contributed by atoms with van der Waals surface area (Å²) in [5.41, 5.74) is 7.48. The van der Waals surface area contributed by atoms with Crippen LogP contribution in [0, 0.1) is 0 Å². The van der Waals surface area contributed by atoms with Crippen LogP contribution in [0.2, 0.25) is 0 Å². The Morgan fingerprint density at radius 3 is 2.64 bits per heavy atom. The van der Waals surface area contributed by atoms with Crippen LogP contribution in [0.25, 0.3) is 22.0 Å². The first-order valence-electron chi connectivity index (χ1n) is 9.99. The molecule has 0 spiro atoms. The number of aryl methyl sites for hydroxylation is 1. The van der Waals surface area contributed by atoms with Crippen LogP contribution in [0.3, 0.4) is 0 Å². The lowest BCUT2D eigenvalue weighted by atomic mass is 9.91. The summed E-state index contributed by atoms with van der Waals surface area (Å²) in [6.07, 6.45) is 3.47. The maximum atomic E-state index is 9.81. The second-order valence-electron chi connectivity index (χ2n) is 7.64. The Morgan fingerprint density at radius 2 is 1.79 bits per heavy atom. The van der Waals surface area contributed by atoms with Gasteiger partial charge in [0.2, 0.25) is 0 Å². The molecule has 5 rings (SSSR count). The van der Waals surface area contributed by atoms with Crippen molar-refractivity contribution in [2.75, 3.05) is 0 Å². The van der Waals surface area contributed by atoms with Gasteiger partial charge in [0, 0.05) is 29.2 Å². The highest BCUT2D eigenvalue weighted by molar-refractivity contribution is 5.89. The minimum Gasteiger partial charge on any atom is -0.508 e. The van der Waals surface area contributed by atoms with Gasteiger partial charge in [-0.3, -0.25) is 0 Å². The number of fused-ring (bicyclic) bond motifs is 3. The molecule has 1 aliphatic carbocycles. The lowest BCUT2D eigenvalue weighted by Gasteiger charge is -2.24. The van der Waals surface area contributed by atoms with Gasteiger partial charge in [0.05, 0.1) is 0 Å². The Bertz CT molecular complexity index is 1110. The summed E-state index contributed by atoms with van der Waals surface area (Å²) in [5, 5.41) is 14.9. The molecule has 140 valence electrons. The molecule has 0 amide bonds. The molecule has 1 heterocycles. The number of H-pyrrole nitrogens is 1. The molecule has 3 aromatic carbocycles. The summed E-state index contributed by atoms with van der Waals surface area (Å²) >= 11 is 0. The fourth-order valence-corrected chi connectivity index (χ4v) is 4.37. The van der Waals surface area contributed by atoms with Gasteiger partial charge in [0.1, 0.15) is 5.75 Å². The summed E-state index contributed by atoms with van der Waals surface area (Å²) in [7, 11) is 0. The van der Waals surface area contributed by atoms with Gasteiger partial charge >= 0.3 is 0 Å². The SMILES string of the molecule is Oc1cccc(-c2ccc3[nH]c4c(c3c2)CCC[C@H]4NCc2ccccc2)c1. The normalized spacial score (nSPS) is 16.2. The van der Waals surface area contributed by atoms with Crippen molar-refractivity contribution in [3.63, 3.8) is 0 Å². The van der Waals surface area contributed by atoms with Gasteiger partial charge in [-0.25, -0.2) is 0 Å². The van der Waals surface area contributed by atoms with Crippen molar-refractivity contribution in [3.8, 4) is 16.9 Å². The zero-order valence-corrected chi connectivity index (χ0v) is 15.8. The highest BCUT2D eigenvalue weighted by atomic mass is 16.3. The average Bonchev–Trinajstić information content (AvgIpc) is 3.11. The van der Waals surface area contributed by atoms with Crippen molar-refractivity contribution < 1.29 is 5.11 Å². The third-order valence-electron chi connectivity index (χ3n) is 5.78. The van der Waals surface area contributed by atoms with E-state index in [9.17, 15) is 5.11 Å². The van der Waals surface area contributed by atoms with Crippen LogP contribution in [-0.2, 0) is 13.0 Å². The van der Waals surface area contributed by atoms with E-state index in [-0.39, 0.29) is 0 Å². The number of aromatic hydroxyl groups is 1. The maximum absolute atomic E-state index is 9.81. The number of aromatic amines is 1. The third-order valence-corrected chi connectivity index (χ3v) is 5.78. The molecule has 0 saturated carbocycles. The smallest absolute Gasteiger partial charge is 0.116 e. The largest absolute Gasteiger partial charge is 0.508 e. The van der Waals surface area contributed by atoms with E-state index in [2.05, 4.69) is 58.8 Å². The predicted octanol–water partition coefficient (Wildman–Crippen LogP) is 5.71. The molecule has 1 aromatic heterocycles. The molecule has 3 heteroatoms. The highest BCUT2D eigenvalue weighted by Crippen LogP contribution is 2.37. The number of rotatable bonds is 4.